The maximum Gasteiger partial charge on any atom is 0.330 e. The summed E-state index contributed by atoms with van der Waals surface area (Å²) in [6.45, 7) is 9.96. The first-order valence-corrected chi connectivity index (χ1v) is 4.94. The van der Waals surface area contributed by atoms with E-state index in [1.807, 2.05) is 0 Å². The number of aliphatic carboxylic acids is 1. The third-order valence-corrected chi connectivity index (χ3v) is 2.10. The zero-order valence-electron chi connectivity index (χ0n) is 9.25. The van der Waals surface area contributed by atoms with Gasteiger partial charge in [-0.25, -0.2) is 4.79 Å². The van der Waals surface area contributed by atoms with E-state index in [9.17, 15) is 4.79 Å². The van der Waals surface area contributed by atoms with Gasteiger partial charge in [0, 0.05) is 12.2 Å². The van der Waals surface area contributed by atoms with Gasteiger partial charge in [0.05, 0.1) is 6.10 Å². The van der Waals surface area contributed by atoms with Crippen molar-refractivity contribution in [2.75, 3.05) is 6.61 Å². The van der Waals surface area contributed by atoms with Crippen LogP contribution in [-0.2, 0) is 9.53 Å². The molecule has 2 unspecified atom stereocenters. The Labute approximate surface area is 85.8 Å². The first-order chi connectivity index (χ1) is 6.43. The lowest BCUT2D eigenvalue weighted by Crippen LogP contribution is -2.21. The molecule has 0 aromatic carbocycles. The van der Waals surface area contributed by atoms with E-state index in [0.717, 1.165) is 12.5 Å². The van der Waals surface area contributed by atoms with Gasteiger partial charge in [-0.1, -0.05) is 13.5 Å². The molecule has 1 rings (SSSR count). The molecule has 0 spiro atoms. The second-order valence-electron chi connectivity index (χ2n) is 3.91. The number of carboxylic acids is 1. The highest BCUT2D eigenvalue weighted by molar-refractivity contribution is 5.84. The molecular formula is C11H20O3. The van der Waals surface area contributed by atoms with Crippen LogP contribution in [-0.4, -0.2) is 23.8 Å². The number of hydrogen-bond donors (Lipinski definition) is 1. The summed E-state index contributed by atoms with van der Waals surface area (Å²) in [5.74, 6) is -0.138. The van der Waals surface area contributed by atoms with Crippen molar-refractivity contribution in [3.63, 3.8) is 0 Å². The summed E-state index contributed by atoms with van der Waals surface area (Å²) in [6.07, 6.45) is 3.12. The van der Waals surface area contributed by atoms with Gasteiger partial charge in [-0.15, -0.1) is 0 Å². The Bertz CT molecular complexity index is 169. The molecule has 1 aliphatic heterocycles. The quantitative estimate of drug-likeness (QED) is 0.661. The van der Waals surface area contributed by atoms with E-state index in [0.29, 0.717) is 6.10 Å². The summed E-state index contributed by atoms with van der Waals surface area (Å²) in [4.78, 5) is 9.60. The molecule has 3 nitrogen and oxygen atoms in total. The Kier molecular flexibility index (Phi) is 6.21. The summed E-state index contributed by atoms with van der Waals surface area (Å²) in [6, 6.07) is 0. The van der Waals surface area contributed by atoms with Gasteiger partial charge in [0.25, 0.3) is 0 Å². The number of carboxylic acid groups (broad SMARTS) is 1. The lowest BCUT2D eigenvalue weighted by molar-refractivity contribution is -0.132. The summed E-state index contributed by atoms with van der Waals surface area (Å²) >= 11 is 0. The molecule has 1 aliphatic rings. The fraction of sp³-hybridized carbons (Fsp3) is 0.727. The average molecular weight is 200 g/mol. The summed E-state index contributed by atoms with van der Waals surface area (Å²) in [5.41, 5.74) is 0.176. The minimum absolute atomic E-state index is 0.176. The highest BCUT2D eigenvalue weighted by atomic mass is 16.5. The van der Waals surface area contributed by atoms with E-state index in [-0.39, 0.29) is 5.57 Å². The molecule has 0 saturated carbocycles. The molecule has 0 aliphatic carbocycles. The van der Waals surface area contributed by atoms with Gasteiger partial charge in [-0.3, -0.25) is 0 Å². The van der Waals surface area contributed by atoms with E-state index < -0.39 is 5.97 Å². The maximum atomic E-state index is 9.60. The zero-order valence-corrected chi connectivity index (χ0v) is 9.25. The van der Waals surface area contributed by atoms with E-state index in [2.05, 4.69) is 20.4 Å². The molecule has 2 atom stereocenters. The van der Waals surface area contributed by atoms with Crippen LogP contribution >= 0.6 is 0 Å². The van der Waals surface area contributed by atoms with Crippen molar-refractivity contribution in [1.82, 2.24) is 0 Å². The second-order valence-corrected chi connectivity index (χ2v) is 3.91. The molecule has 14 heavy (non-hydrogen) atoms. The Hall–Kier alpha value is -0.830. The topological polar surface area (TPSA) is 46.5 Å². The first kappa shape index (κ1) is 13.2. The van der Waals surface area contributed by atoms with Crippen LogP contribution in [0.25, 0.3) is 0 Å². The maximum absolute atomic E-state index is 9.60. The third-order valence-electron chi connectivity index (χ3n) is 2.10. The van der Waals surface area contributed by atoms with Crippen molar-refractivity contribution in [2.24, 2.45) is 5.92 Å². The van der Waals surface area contributed by atoms with Crippen LogP contribution in [0.5, 0.6) is 0 Å². The third kappa shape index (κ3) is 6.66. The van der Waals surface area contributed by atoms with Crippen LogP contribution in [0.4, 0.5) is 0 Å². The van der Waals surface area contributed by atoms with Gasteiger partial charge < -0.3 is 9.84 Å². The van der Waals surface area contributed by atoms with Crippen molar-refractivity contribution in [1.29, 1.82) is 0 Å². The number of hydrogen-bond acceptors (Lipinski definition) is 2. The van der Waals surface area contributed by atoms with Crippen molar-refractivity contribution in [2.45, 2.75) is 39.7 Å². The highest BCUT2D eigenvalue weighted by Gasteiger charge is 2.13. The fourth-order valence-corrected chi connectivity index (χ4v) is 1.01. The Morgan fingerprint density at radius 3 is 2.14 bits per heavy atom. The van der Waals surface area contributed by atoms with Crippen molar-refractivity contribution in [3.8, 4) is 0 Å². The van der Waals surface area contributed by atoms with Crippen molar-refractivity contribution in [3.05, 3.63) is 12.2 Å². The molecule has 0 aromatic heterocycles. The first-order valence-electron chi connectivity index (χ1n) is 4.94. The molecule has 3 heteroatoms. The Balaban J connectivity index is 0.000000255. The molecule has 0 aromatic rings. The number of carbonyl (C=O) groups is 1. The molecule has 1 saturated heterocycles. The molecule has 1 fully saturated rings. The summed E-state index contributed by atoms with van der Waals surface area (Å²) < 4.78 is 5.39. The predicted molar refractivity (Wildman–Crippen MR) is 56.3 cm³/mol. The van der Waals surface area contributed by atoms with E-state index in [4.69, 9.17) is 9.84 Å². The van der Waals surface area contributed by atoms with Crippen LogP contribution in [0.3, 0.4) is 0 Å². The van der Waals surface area contributed by atoms with Crippen LogP contribution < -0.4 is 0 Å². The SMILES string of the molecule is C=C(C)C(=O)O.CC1CCC(C)OC1. The van der Waals surface area contributed by atoms with Gasteiger partial charge in [-0.2, -0.15) is 0 Å². The summed E-state index contributed by atoms with van der Waals surface area (Å²) in [7, 11) is 0. The molecule has 0 radical (unpaired) electrons. The van der Waals surface area contributed by atoms with Crippen molar-refractivity contribution >= 4 is 5.97 Å². The number of rotatable bonds is 1. The van der Waals surface area contributed by atoms with Gasteiger partial charge in [0.1, 0.15) is 0 Å². The highest BCUT2D eigenvalue weighted by Crippen LogP contribution is 2.16. The van der Waals surface area contributed by atoms with Gasteiger partial charge >= 0.3 is 5.97 Å². The second kappa shape index (κ2) is 6.60. The molecule has 0 amide bonds. The number of ether oxygens (including phenoxy) is 1. The normalized spacial score (nSPS) is 25.9. The smallest absolute Gasteiger partial charge is 0.330 e. The Morgan fingerprint density at radius 1 is 1.43 bits per heavy atom. The largest absolute Gasteiger partial charge is 0.478 e. The molecule has 1 N–H and O–H groups in total. The van der Waals surface area contributed by atoms with Crippen LogP contribution in [0.2, 0.25) is 0 Å². The average Bonchev–Trinajstić information content (AvgIpc) is 2.11. The van der Waals surface area contributed by atoms with Crippen LogP contribution in [0, 0.1) is 5.92 Å². The van der Waals surface area contributed by atoms with Gasteiger partial charge in [0.15, 0.2) is 0 Å². The van der Waals surface area contributed by atoms with Gasteiger partial charge in [-0.05, 0) is 32.6 Å². The lowest BCUT2D eigenvalue weighted by Gasteiger charge is -2.23. The minimum atomic E-state index is -0.935. The standard InChI is InChI=1S/C7H14O.C4H6O2/c1-6-3-4-7(2)8-5-6;1-3(2)4(5)6/h6-7H,3-5H2,1-2H3;1H2,2H3,(H,5,6). The molecule has 82 valence electrons. The predicted octanol–water partition coefficient (Wildman–Crippen LogP) is 2.47. The van der Waals surface area contributed by atoms with Crippen LogP contribution in [0.15, 0.2) is 12.2 Å². The monoisotopic (exact) mass is 200 g/mol. The lowest BCUT2D eigenvalue weighted by atomic mass is 10.0. The Morgan fingerprint density at radius 2 is 1.93 bits per heavy atom. The molecule has 1 heterocycles. The van der Waals surface area contributed by atoms with Crippen LogP contribution in [0.1, 0.15) is 33.6 Å². The van der Waals surface area contributed by atoms with E-state index in [1.165, 1.54) is 19.8 Å². The van der Waals surface area contributed by atoms with E-state index in [1.54, 1.807) is 0 Å². The zero-order chi connectivity index (χ0) is 11.1. The molecule has 0 bridgehead atoms. The minimum Gasteiger partial charge on any atom is -0.478 e. The van der Waals surface area contributed by atoms with Crippen molar-refractivity contribution < 1.29 is 14.6 Å². The molecular weight excluding hydrogens is 180 g/mol. The summed E-state index contributed by atoms with van der Waals surface area (Å²) in [5, 5.41) is 7.89. The van der Waals surface area contributed by atoms with E-state index >= 15 is 0 Å². The fourth-order valence-electron chi connectivity index (χ4n) is 1.01. The van der Waals surface area contributed by atoms with Gasteiger partial charge in [0.2, 0.25) is 0 Å².